The fraction of sp³-hybridized carbons (Fsp3) is 0.0714. The first-order valence-corrected chi connectivity index (χ1v) is 9.14. The summed E-state index contributed by atoms with van der Waals surface area (Å²) in [4.78, 5) is 13.4. The predicted molar refractivity (Wildman–Crippen MR) is 92.3 cm³/mol. The number of rotatable bonds is 4. The zero-order chi connectivity index (χ0) is 17.5. The number of aromatic nitrogens is 1. The van der Waals surface area contributed by atoms with E-state index in [1.165, 1.54) is 18.2 Å². The highest BCUT2D eigenvalue weighted by atomic mass is 35.5. The van der Waals surface area contributed by atoms with Crippen molar-refractivity contribution in [2.45, 2.75) is 11.4 Å². The Morgan fingerprint density at radius 2 is 1.83 bits per heavy atom. The molecule has 0 saturated heterocycles. The number of benzene rings is 2. The molecule has 0 unspecified atom stereocenters. The molecule has 0 aliphatic heterocycles. The maximum absolute atomic E-state index is 12.5. The topological polar surface area (TPSA) is 92.2 Å². The van der Waals surface area contributed by atoms with Crippen molar-refractivity contribution in [2.75, 3.05) is 0 Å². The van der Waals surface area contributed by atoms with E-state index in [1.54, 1.807) is 12.1 Å². The molecule has 24 heavy (non-hydrogen) atoms. The van der Waals surface area contributed by atoms with Gasteiger partial charge in [-0.05, 0) is 23.8 Å². The Hall–Kier alpha value is -1.51. The summed E-state index contributed by atoms with van der Waals surface area (Å²) in [7, 11) is -3.95. The van der Waals surface area contributed by atoms with Gasteiger partial charge >= 0.3 is 5.76 Å². The molecule has 0 atom stereocenters. The van der Waals surface area contributed by atoms with Gasteiger partial charge in [-0.15, -0.1) is 0 Å². The Morgan fingerprint density at radius 1 is 1.08 bits per heavy atom. The maximum atomic E-state index is 12.5. The number of hydrogen-bond donors (Lipinski definition) is 2. The number of halogens is 3. The molecular weight excluding hydrogens is 399 g/mol. The molecule has 0 fully saturated rings. The lowest BCUT2D eigenvalue weighted by Crippen LogP contribution is -2.23. The van der Waals surface area contributed by atoms with Crippen LogP contribution in [0.1, 0.15) is 5.56 Å². The van der Waals surface area contributed by atoms with Crippen molar-refractivity contribution in [3.63, 3.8) is 0 Å². The normalized spacial score (nSPS) is 12.0. The Bertz CT molecular complexity index is 1090. The first-order valence-electron chi connectivity index (χ1n) is 6.52. The lowest BCUT2D eigenvalue weighted by molar-refractivity contribution is 0.553. The van der Waals surface area contributed by atoms with E-state index in [0.29, 0.717) is 21.1 Å². The van der Waals surface area contributed by atoms with Gasteiger partial charge in [0.05, 0.1) is 10.5 Å². The van der Waals surface area contributed by atoms with Crippen LogP contribution in [0.2, 0.25) is 15.1 Å². The van der Waals surface area contributed by atoms with Crippen LogP contribution in [0.25, 0.3) is 11.1 Å². The van der Waals surface area contributed by atoms with E-state index in [4.69, 9.17) is 39.2 Å². The van der Waals surface area contributed by atoms with Gasteiger partial charge in [0.2, 0.25) is 10.0 Å². The van der Waals surface area contributed by atoms with Crippen LogP contribution in [0, 0.1) is 0 Å². The number of nitrogens with one attached hydrogen (secondary N) is 2. The summed E-state index contributed by atoms with van der Waals surface area (Å²) in [5, 5.41) is 0.736. The summed E-state index contributed by atoms with van der Waals surface area (Å²) in [6, 6.07) is 7.22. The molecule has 126 valence electrons. The molecule has 10 heteroatoms. The largest absolute Gasteiger partial charge is 0.417 e. The summed E-state index contributed by atoms with van der Waals surface area (Å²) < 4.78 is 32.2. The van der Waals surface area contributed by atoms with Crippen molar-refractivity contribution in [3.05, 3.63) is 61.5 Å². The summed E-state index contributed by atoms with van der Waals surface area (Å²) in [6.07, 6.45) is 0. The summed E-state index contributed by atoms with van der Waals surface area (Å²) in [5.74, 6) is -0.698. The molecule has 0 bridgehead atoms. The van der Waals surface area contributed by atoms with Crippen molar-refractivity contribution in [3.8, 4) is 0 Å². The molecule has 1 aromatic heterocycles. The molecular formula is C14H9Cl3N2O4S. The first-order chi connectivity index (χ1) is 11.3. The predicted octanol–water partition coefficient (Wildman–Crippen LogP) is 3.56. The molecule has 3 rings (SSSR count). The van der Waals surface area contributed by atoms with Gasteiger partial charge < -0.3 is 4.42 Å². The van der Waals surface area contributed by atoms with Crippen molar-refractivity contribution >= 4 is 55.9 Å². The van der Waals surface area contributed by atoms with Crippen molar-refractivity contribution in [2.24, 2.45) is 0 Å². The number of oxazole rings is 1. The van der Waals surface area contributed by atoms with E-state index in [0.717, 1.165) is 0 Å². The van der Waals surface area contributed by atoms with E-state index in [-0.39, 0.29) is 22.0 Å². The third kappa shape index (κ3) is 3.45. The molecule has 6 nitrogen and oxygen atoms in total. The Balaban J connectivity index is 1.92. The van der Waals surface area contributed by atoms with E-state index in [1.807, 2.05) is 0 Å². The summed E-state index contributed by atoms with van der Waals surface area (Å²) in [6.45, 7) is -0.0518. The zero-order valence-corrected chi connectivity index (χ0v) is 14.9. The van der Waals surface area contributed by atoms with Crippen LogP contribution in [0.3, 0.4) is 0 Å². The summed E-state index contributed by atoms with van der Waals surface area (Å²) in [5.41, 5.74) is 0.953. The molecule has 0 amide bonds. The first kappa shape index (κ1) is 17.3. The molecule has 0 aliphatic carbocycles. The average Bonchev–Trinajstić information content (AvgIpc) is 2.84. The van der Waals surface area contributed by atoms with E-state index < -0.39 is 15.8 Å². The lowest BCUT2D eigenvalue weighted by Gasteiger charge is -2.09. The number of fused-ring (bicyclic) bond motifs is 1. The minimum Gasteiger partial charge on any atom is -0.408 e. The zero-order valence-electron chi connectivity index (χ0n) is 11.8. The molecule has 0 spiro atoms. The van der Waals surface area contributed by atoms with Gasteiger partial charge in [0, 0.05) is 22.7 Å². The van der Waals surface area contributed by atoms with Crippen LogP contribution in [-0.2, 0) is 16.6 Å². The van der Waals surface area contributed by atoms with Crippen LogP contribution in [0.15, 0.2) is 44.4 Å². The molecule has 2 aromatic carbocycles. The summed E-state index contributed by atoms with van der Waals surface area (Å²) >= 11 is 17.8. The van der Waals surface area contributed by atoms with E-state index >= 15 is 0 Å². The van der Waals surface area contributed by atoms with Gasteiger partial charge in [-0.1, -0.05) is 40.9 Å². The Kier molecular flexibility index (Phi) is 4.63. The number of hydrogen-bond acceptors (Lipinski definition) is 4. The van der Waals surface area contributed by atoms with Crippen molar-refractivity contribution in [1.82, 2.24) is 9.71 Å². The average molecular weight is 408 g/mol. The van der Waals surface area contributed by atoms with Crippen LogP contribution in [0.4, 0.5) is 0 Å². The monoisotopic (exact) mass is 406 g/mol. The third-order valence-corrected chi connectivity index (χ3v) is 5.68. The van der Waals surface area contributed by atoms with Crippen molar-refractivity contribution < 1.29 is 12.8 Å². The quantitative estimate of drug-likeness (QED) is 0.691. The SMILES string of the molecule is O=c1[nH]c2cc(Cl)c(S(=O)(=O)NCc3ccc(Cl)cc3Cl)cc2o1. The molecule has 2 N–H and O–H groups in total. The number of H-pyrrole nitrogens is 1. The standard InChI is InChI=1S/C14H9Cl3N2O4S/c15-8-2-1-7(9(16)3-8)6-18-24(21,22)13-5-12-11(4-10(13)17)19-14(20)23-12/h1-5,18H,6H2,(H,19,20). The Labute approximate surface area is 151 Å². The molecule has 0 aliphatic rings. The molecule has 1 heterocycles. The fourth-order valence-electron chi connectivity index (χ4n) is 2.07. The minimum atomic E-state index is -3.95. The van der Waals surface area contributed by atoms with Gasteiger partial charge in [0.25, 0.3) is 0 Å². The van der Waals surface area contributed by atoms with Crippen LogP contribution in [0.5, 0.6) is 0 Å². The van der Waals surface area contributed by atoms with Gasteiger partial charge in [-0.3, -0.25) is 4.98 Å². The molecule has 0 saturated carbocycles. The lowest BCUT2D eigenvalue weighted by atomic mass is 10.2. The van der Waals surface area contributed by atoms with Crippen LogP contribution in [-0.4, -0.2) is 13.4 Å². The Morgan fingerprint density at radius 3 is 2.54 bits per heavy atom. The highest BCUT2D eigenvalue weighted by molar-refractivity contribution is 7.89. The highest BCUT2D eigenvalue weighted by Crippen LogP contribution is 2.27. The van der Waals surface area contributed by atoms with Crippen molar-refractivity contribution in [1.29, 1.82) is 0 Å². The molecule has 0 radical (unpaired) electrons. The maximum Gasteiger partial charge on any atom is 0.417 e. The van der Waals surface area contributed by atoms with E-state index in [9.17, 15) is 13.2 Å². The second-order valence-corrected chi connectivity index (χ2v) is 7.84. The fourth-order valence-corrected chi connectivity index (χ4v) is 4.10. The van der Waals surface area contributed by atoms with E-state index in [2.05, 4.69) is 9.71 Å². The third-order valence-electron chi connectivity index (χ3n) is 3.23. The molecule has 3 aromatic rings. The second-order valence-electron chi connectivity index (χ2n) is 4.85. The van der Waals surface area contributed by atoms with Gasteiger partial charge in [0.15, 0.2) is 5.58 Å². The van der Waals surface area contributed by atoms with Gasteiger partial charge in [0.1, 0.15) is 4.90 Å². The number of sulfonamides is 1. The minimum absolute atomic E-state index is 0.0470. The van der Waals surface area contributed by atoms with Crippen LogP contribution >= 0.6 is 34.8 Å². The van der Waals surface area contributed by atoms with Gasteiger partial charge in [-0.25, -0.2) is 17.9 Å². The van der Waals surface area contributed by atoms with Gasteiger partial charge in [-0.2, -0.15) is 0 Å². The highest BCUT2D eigenvalue weighted by Gasteiger charge is 2.20. The second kappa shape index (κ2) is 6.42. The number of aromatic amines is 1. The smallest absolute Gasteiger partial charge is 0.408 e. The van der Waals surface area contributed by atoms with Crippen LogP contribution < -0.4 is 10.5 Å².